The highest BCUT2D eigenvalue weighted by molar-refractivity contribution is 5.91. The van der Waals surface area contributed by atoms with Crippen molar-refractivity contribution in [3.63, 3.8) is 0 Å². The Hall–Kier alpha value is -1.67. The first kappa shape index (κ1) is 16.7. The molecule has 2 heteroatoms. The van der Waals surface area contributed by atoms with Crippen molar-refractivity contribution < 1.29 is 4.79 Å². The molecule has 0 saturated heterocycles. The van der Waals surface area contributed by atoms with E-state index < -0.39 is 0 Å². The number of carbonyl (C=O) groups is 1. The van der Waals surface area contributed by atoms with E-state index in [0.717, 1.165) is 5.56 Å². The molecular weight excluding hydrogens is 270 g/mol. The molecule has 1 N–H and O–H groups in total. The minimum absolute atomic E-state index is 0.0758. The first-order valence-electron chi connectivity index (χ1n) is 8.25. The molecule has 2 nitrogen and oxygen atoms in total. The zero-order chi connectivity index (χ0) is 16.0. The van der Waals surface area contributed by atoms with Crippen molar-refractivity contribution in [3.05, 3.63) is 47.5 Å². The monoisotopic (exact) mass is 297 g/mol. The Morgan fingerprint density at radius 1 is 1.09 bits per heavy atom. The van der Waals surface area contributed by atoms with Gasteiger partial charge in [0.2, 0.25) is 0 Å². The number of carbonyl (C=O) groups excluding carboxylic acids is 1. The van der Waals surface area contributed by atoms with Crippen LogP contribution in [0.15, 0.2) is 36.4 Å². The molecule has 0 amide bonds. The highest BCUT2D eigenvalue weighted by Crippen LogP contribution is 2.32. The number of allylic oxidation sites excluding steroid dienone is 1. The van der Waals surface area contributed by atoms with Gasteiger partial charge in [0.15, 0.2) is 5.78 Å². The van der Waals surface area contributed by atoms with Crippen molar-refractivity contribution in [2.45, 2.75) is 58.0 Å². The fourth-order valence-electron chi connectivity index (χ4n) is 3.13. The van der Waals surface area contributed by atoms with Gasteiger partial charge < -0.3 is 5.32 Å². The first-order chi connectivity index (χ1) is 10.5. The standard InChI is InChI=1S/C20H27NO/c1-16(2)21-20(13-4-5-14-20)15-12-19-10-8-18(9-11-19)7-6-17(3)22/h6-12,15-16,21H,4-5,13-14H2,1-3H3/b7-6+,15-12+. The minimum Gasteiger partial charge on any atom is -0.306 e. The van der Waals surface area contributed by atoms with Gasteiger partial charge in [0, 0.05) is 11.6 Å². The average Bonchev–Trinajstić information content (AvgIpc) is 2.92. The predicted molar refractivity (Wildman–Crippen MR) is 94.7 cm³/mol. The topological polar surface area (TPSA) is 29.1 Å². The van der Waals surface area contributed by atoms with Crippen LogP contribution in [-0.2, 0) is 4.79 Å². The van der Waals surface area contributed by atoms with Crippen LogP contribution in [0.25, 0.3) is 12.2 Å². The zero-order valence-electron chi connectivity index (χ0n) is 13.9. The summed E-state index contributed by atoms with van der Waals surface area (Å²) < 4.78 is 0. The number of hydrogen-bond acceptors (Lipinski definition) is 2. The number of nitrogens with one attached hydrogen (secondary N) is 1. The van der Waals surface area contributed by atoms with Gasteiger partial charge in [0.1, 0.15) is 0 Å². The lowest BCUT2D eigenvalue weighted by Gasteiger charge is -2.29. The molecule has 0 heterocycles. The first-order valence-corrected chi connectivity index (χ1v) is 8.25. The van der Waals surface area contributed by atoms with Gasteiger partial charge in [-0.1, -0.05) is 69.2 Å². The van der Waals surface area contributed by atoms with E-state index in [-0.39, 0.29) is 11.3 Å². The predicted octanol–water partition coefficient (Wildman–Crippen LogP) is 4.61. The largest absolute Gasteiger partial charge is 0.306 e. The molecule has 1 aromatic rings. The molecule has 1 aliphatic carbocycles. The van der Waals surface area contributed by atoms with Crippen molar-refractivity contribution in [1.82, 2.24) is 5.32 Å². The highest BCUT2D eigenvalue weighted by Gasteiger charge is 2.31. The van der Waals surface area contributed by atoms with E-state index in [2.05, 4.69) is 55.6 Å². The molecule has 22 heavy (non-hydrogen) atoms. The molecular formula is C20H27NO. The third-order valence-electron chi connectivity index (χ3n) is 4.11. The molecule has 118 valence electrons. The number of hydrogen-bond donors (Lipinski definition) is 1. The molecule has 0 radical (unpaired) electrons. The molecule has 0 aromatic heterocycles. The molecule has 1 fully saturated rings. The van der Waals surface area contributed by atoms with Crippen LogP contribution in [0.1, 0.15) is 57.6 Å². The second-order valence-electron chi connectivity index (χ2n) is 6.61. The Morgan fingerprint density at radius 3 is 2.14 bits per heavy atom. The third kappa shape index (κ3) is 4.96. The normalized spacial score (nSPS) is 17.8. The molecule has 0 atom stereocenters. The van der Waals surface area contributed by atoms with Gasteiger partial charge in [-0.25, -0.2) is 0 Å². The molecule has 0 bridgehead atoms. The zero-order valence-corrected chi connectivity index (χ0v) is 13.9. The average molecular weight is 297 g/mol. The van der Waals surface area contributed by atoms with Gasteiger partial charge in [0.25, 0.3) is 0 Å². The Bertz CT molecular complexity index is 546. The highest BCUT2D eigenvalue weighted by atomic mass is 16.1. The van der Waals surface area contributed by atoms with Crippen molar-refractivity contribution in [3.8, 4) is 0 Å². The van der Waals surface area contributed by atoms with Crippen LogP contribution in [0.2, 0.25) is 0 Å². The van der Waals surface area contributed by atoms with Gasteiger partial charge in [-0.2, -0.15) is 0 Å². The molecule has 2 rings (SSSR count). The summed E-state index contributed by atoms with van der Waals surface area (Å²) in [6, 6.07) is 8.82. The van der Waals surface area contributed by atoms with Crippen LogP contribution in [0, 0.1) is 0 Å². The molecule has 1 aromatic carbocycles. The Labute approximate surface area is 134 Å². The van der Waals surface area contributed by atoms with E-state index in [1.165, 1.54) is 31.2 Å². The molecule has 1 aliphatic rings. The van der Waals surface area contributed by atoms with Gasteiger partial charge in [-0.05, 0) is 37.0 Å². The fraction of sp³-hybridized carbons (Fsp3) is 0.450. The lowest BCUT2D eigenvalue weighted by atomic mass is 9.94. The third-order valence-corrected chi connectivity index (χ3v) is 4.11. The maximum Gasteiger partial charge on any atom is 0.152 e. The van der Waals surface area contributed by atoms with E-state index in [0.29, 0.717) is 6.04 Å². The van der Waals surface area contributed by atoms with Crippen LogP contribution < -0.4 is 5.32 Å². The second kappa shape index (κ2) is 7.55. The Balaban J connectivity index is 2.07. The summed E-state index contributed by atoms with van der Waals surface area (Å²) in [5, 5.41) is 3.73. The Morgan fingerprint density at radius 2 is 1.64 bits per heavy atom. The van der Waals surface area contributed by atoms with Gasteiger partial charge >= 0.3 is 0 Å². The smallest absolute Gasteiger partial charge is 0.152 e. The summed E-state index contributed by atoms with van der Waals surface area (Å²) in [6.07, 6.45) is 13.1. The van der Waals surface area contributed by atoms with Crippen LogP contribution in [0.3, 0.4) is 0 Å². The number of rotatable bonds is 6. The van der Waals surface area contributed by atoms with E-state index in [4.69, 9.17) is 0 Å². The van der Waals surface area contributed by atoms with Gasteiger partial charge in [-0.3, -0.25) is 4.79 Å². The van der Waals surface area contributed by atoms with Crippen LogP contribution in [0.4, 0.5) is 0 Å². The molecule has 1 saturated carbocycles. The molecule has 0 spiro atoms. The van der Waals surface area contributed by atoms with Crippen LogP contribution in [0.5, 0.6) is 0 Å². The van der Waals surface area contributed by atoms with Gasteiger partial charge in [-0.15, -0.1) is 0 Å². The van der Waals surface area contributed by atoms with Crippen LogP contribution >= 0.6 is 0 Å². The van der Waals surface area contributed by atoms with Crippen molar-refractivity contribution >= 4 is 17.9 Å². The number of benzene rings is 1. The van der Waals surface area contributed by atoms with E-state index in [9.17, 15) is 4.79 Å². The van der Waals surface area contributed by atoms with Crippen molar-refractivity contribution in [1.29, 1.82) is 0 Å². The summed E-state index contributed by atoms with van der Waals surface area (Å²) in [6.45, 7) is 5.99. The summed E-state index contributed by atoms with van der Waals surface area (Å²) in [5.41, 5.74) is 2.43. The van der Waals surface area contributed by atoms with Gasteiger partial charge in [0.05, 0.1) is 0 Å². The number of ketones is 1. The van der Waals surface area contributed by atoms with E-state index in [1.807, 2.05) is 6.08 Å². The maximum absolute atomic E-state index is 11.0. The fourth-order valence-corrected chi connectivity index (χ4v) is 3.13. The van der Waals surface area contributed by atoms with Crippen LogP contribution in [-0.4, -0.2) is 17.4 Å². The quantitative estimate of drug-likeness (QED) is 0.777. The lowest BCUT2D eigenvalue weighted by Crippen LogP contribution is -2.44. The second-order valence-corrected chi connectivity index (χ2v) is 6.61. The lowest BCUT2D eigenvalue weighted by molar-refractivity contribution is -0.112. The van der Waals surface area contributed by atoms with E-state index in [1.54, 1.807) is 13.0 Å². The van der Waals surface area contributed by atoms with E-state index >= 15 is 0 Å². The summed E-state index contributed by atoms with van der Waals surface area (Å²) in [4.78, 5) is 11.0. The van der Waals surface area contributed by atoms with Crippen molar-refractivity contribution in [2.75, 3.05) is 0 Å². The minimum atomic E-state index is 0.0758. The SMILES string of the molecule is CC(=O)/C=C/c1ccc(/C=C/C2(NC(C)C)CCCC2)cc1. The van der Waals surface area contributed by atoms with Crippen molar-refractivity contribution in [2.24, 2.45) is 0 Å². The maximum atomic E-state index is 11.0. The molecule has 0 unspecified atom stereocenters. The summed E-state index contributed by atoms with van der Waals surface area (Å²) in [5.74, 6) is 0.0758. The Kier molecular flexibility index (Phi) is 5.73. The summed E-state index contributed by atoms with van der Waals surface area (Å²) >= 11 is 0. The molecule has 0 aliphatic heterocycles. The summed E-state index contributed by atoms with van der Waals surface area (Å²) in [7, 11) is 0.